The van der Waals surface area contributed by atoms with Crippen molar-refractivity contribution >= 4 is 30.9 Å². The van der Waals surface area contributed by atoms with E-state index in [1.165, 1.54) is 0 Å². The summed E-state index contributed by atoms with van der Waals surface area (Å²) >= 11 is 0. The van der Waals surface area contributed by atoms with Crippen molar-refractivity contribution < 1.29 is 33.1 Å². The maximum absolute atomic E-state index is 13.1. The minimum Gasteiger partial charge on any atom is -0.409 e. The summed E-state index contributed by atoms with van der Waals surface area (Å²) in [6.07, 6.45) is -5.47. The Balaban J connectivity index is 2.23. The van der Waals surface area contributed by atoms with Gasteiger partial charge in [0.15, 0.2) is 25.0 Å². The number of carbonyl (C=O) groups is 1. The number of hydroxylamine groups is 2. The fourth-order valence-corrected chi connectivity index (χ4v) is 8.84. The number of β-lactam (4-membered cyclic amide) rings is 1. The lowest BCUT2D eigenvalue weighted by molar-refractivity contribution is -0.342. The molecule has 1 amide bonds. The molecule has 0 radical (unpaired) electrons. The van der Waals surface area contributed by atoms with Crippen LogP contribution in [-0.4, -0.2) is 81.7 Å². The third kappa shape index (κ3) is 6.18. The number of nitrogens with zero attached hydrogens (tertiary/aromatic N) is 2. The SMILES string of the molecule is CC(C)(C)[Si](C)(C)O[C@H]1[C@@H](O[Si](C)(C)C)[C@@]2(CC(=O)N2OCc2ccccc2)[C@H](O)[C@H](O)[C@@]1(C#N)O[Si](C)(C)C. The Labute approximate surface area is 242 Å². The molecule has 2 N–H and O–H groups in total. The van der Waals surface area contributed by atoms with Crippen LogP contribution in [0.2, 0.25) is 57.4 Å². The zero-order valence-electron chi connectivity index (χ0n) is 25.9. The number of benzene rings is 1. The van der Waals surface area contributed by atoms with E-state index >= 15 is 0 Å². The number of hydrogen-bond acceptors (Lipinski definition) is 8. The molecule has 1 aromatic carbocycles. The highest BCUT2D eigenvalue weighted by atomic mass is 28.4. The van der Waals surface area contributed by atoms with E-state index in [9.17, 15) is 20.3 Å². The summed E-state index contributed by atoms with van der Waals surface area (Å²) in [6.45, 7) is 22.3. The van der Waals surface area contributed by atoms with Gasteiger partial charge in [0.25, 0.3) is 0 Å². The summed E-state index contributed by atoms with van der Waals surface area (Å²) in [5.74, 6) is -0.340. The lowest BCUT2D eigenvalue weighted by Gasteiger charge is -2.65. The van der Waals surface area contributed by atoms with E-state index in [0.717, 1.165) is 10.6 Å². The van der Waals surface area contributed by atoms with Crippen molar-refractivity contribution in [3.63, 3.8) is 0 Å². The van der Waals surface area contributed by atoms with Crippen LogP contribution in [0.25, 0.3) is 0 Å². The molecule has 1 saturated heterocycles. The summed E-state index contributed by atoms with van der Waals surface area (Å²) in [7, 11) is -7.53. The molecule has 0 bridgehead atoms. The van der Waals surface area contributed by atoms with Gasteiger partial charge in [-0.05, 0) is 63.0 Å². The average molecular weight is 609 g/mol. The molecule has 12 heteroatoms. The van der Waals surface area contributed by atoms with Crippen molar-refractivity contribution in [3.05, 3.63) is 35.9 Å². The van der Waals surface area contributed by atoms with E-state index in [4.69, 9.17) is 18.1 Å². The van der Waals surface area contributed by atoms with Gasteiger partial charge in [0.2, 0.25) is 11.5 Å². The first-order valence-electron chi connectivity index (χ1n) is 13.9. The fraction of sp³-hybridized carbons (Fsp3) is 0.714. The Bertz CT molecular complexity index is 1110. The first-order chi connectivity index (χ1) is 18.1. The first-order valence-corrected chi connectivity index (χ1v) is 23.7. The molecule has 1 aliphatic heterocycles. The quantitative estimate of drug-likeness (QED) is 0.309. The number of aliphatic hydroxyl groups is 2. The molecule has 9 nitrogen and oxygen atoms in total. The molecule has 1 aliphatic carbocycles. The van der Waals surface area contributed by atoms with E-state index in [1.807, 2.05) is 69.6 Å². The van der Waals surface area contributed by atoms with Crippen molar-refractivity contribution in [2.24, 2.45) is 0 Å². The number of carbonyl (C=O) groups excluding carboxylic acids is 1. The number of hydrogen-bond donors (Lipinski definition) is 2. The number of aliphatic hydroxyl groups excluding tert-OH is 2. The van der Waals surface area contributed by atoms with E-state index < -0.39 is 60.5 Å². The molecule has 0 unspecified atom stereocenters. The van der Waals surface area contributed by atoms with Gasteiger partial charge in [-0.1, -0.05) is 51.1 Å². The normalized spacial score (nSPS) is 31.7. The van der Waals surface area contributed by atoms with Crippen LogP contribution in [0.5, 0.6) is 0 Å². The van der Waals surface area contributed by atoms with Gasteiger partial charge in [0, 0.05) is 0 Å². The molecule has 40 heavy (non-hydrogen) atoms. The van der Waals surface area contributed by atoms with Gasteiger partial charge in [0.1, 0.15) is 42.6 Å². The van der Waals surface area contributed by atoms with Crippen LogP contribution < -0.4 is 0 Å². The van der Waals surface area contributed by atoms with E-state index in [2.05, 4.69) is 39.9 Å². The minimum atomic E-state index is -2.62. The number of amides is 1. The van der Waals surface area contributed by atoms with Crippen LogP contribution in [0.1, 0.15) is 32.8 Å². The highest BCUT2D eigenvalue weighted by Crippen LogP contribution is 2.53. The molecule has 1 spiro atoms. The van der Waals surface area contributed by atoms with Crippen LogP contribution in [-0.2, 0) is 29.5 Å². The molecular weight excluding hydrogens is 561 g/mol. The molecule has 6 atom stereocenters. The number of nitriles is 1. The smallest absolute Gasteiger partial charge is 0.249 e. The van der Waals surface area contributed by atoms with Gasteiger partial charge in [-0.3, -0.25) is 9.63 Å². The predicted octanol–water partition coefficient (Wildman–Crippen LogP) is 4.55. The van der Waals surface area contributed by atoms with Crippen molar-refractivity contribution in [2.75, 3.05) is 0 Å². The summed E-state index contributed by atoms with van der Waals surface area (Å²) in [4.78, 5) is 19.2. The van der Waals surface area contributed by atoms with E-state index in [-0.39, 0.29) is 24.0 Å². The maximum atomic E-state index is 13.1. The largest absolute Gasteiger partial charge is 0.409 e. The van der Waals surface area contributed by atoms with Gasteiger partial charge < -0.3 is 23.5 Å². The molecule has 2 fully saturated rings. The minimum absolute atomic E-state index is 0.0827. The molecule has 1 saturated carbocycles. The van der Waals surface area contributed by atoms with Crippen LogP contribution in [0.4, 0.5) is 0 Å². The Hall–Kier alpha value is -1.41. The van der Waals surface area contributed by atoms with Crippen molar-refractivity contribution in [3.8, 4) is 6.07 Å². The summed E-state index contributed by atoms with van der Waals surface area (Å²) < 4.78 is 20.3. The second-order valence-corrected chi connectivity index (χ2v) is 28.2. The monoisotopic (exact) mass is 608 g/mol. The zero-order chi connectivity index (χ0) is 30.5. The summed E-state index contributed by atoms with van der Waals surface area (Å²) in [6, 6.07) is 11.7. The molecule has 224 valence electrons. The summed E-state index contributed by atoms with van der Waals surface area (Å²) in [5.41, 5.74) is -2.55. The standard InChI is InChI=1S/C28H48N2O7Si3/c1-26(2,3)40(10,11)36-25-24(35-38(4,5)6)27(22(32)23(33)28(25,19-29)37-39(7,8)9)17-21(31)30(27)34-18-20-15-13-12-14-16-20/h12-16,22-25,32-33H,17-18H2,1-11H3/t22-,23+,24-,25+,27-,28-/m1/s1. The highest BCUT2D eigenvalue weighted by molar-refractivity contribution is 6.74. The molecule has 0 aromatic heterocycles. The van der Waals surface area contributed by atoms with Gasteiger partial charge in [-0.15, -0.1) is 0 Å². The lowest BCUT2D eigenvalue weighted by atomic mass is 9.62. The predicted molar refractivity (Wildman–Crippen MR) is 161 cm³/mol. The van der Waals surface area contributed by atoms with Gasteiger partial charge in [-0.25, -0.2) is 5.06 Å². The highest BCUT2D eigenvalue weighted by Gasteiger charge is 2.76. The Morgan fingerprint density at radius 3 is 1.98 bits per heavy atom. The van der Waals surface area contributed by atoms with Crippen LogP contribution in [0, 0.1) is 11.3 Å². The van der Waals surface area contributed by atoms with Gasteiger partial charge >= 0.3 is 0 Å². The fourth-order valence-electron chi connectivity index (χ4n) is 5.17. The van der Waals surface area contributed by atoms with Gasteiger partial charge in [-0.2, -0.15) is 5.26 Å². The first kappa shape index (κ1) is 33.1. The summed E-state index contributed by atoms with van der Waals surface area (Å²) in [5, 5.41) is 35.4. The third-order valence-corrected chi connectivity index (χ3v) is 14.4. The van der Waals surface area contributed by atoms with E-state index in [0.29, 0.717) is 0 Å². The Kier molecular flexibility index (Phi) is 9.12. The maximum Gasteiger partial charge on any atom is 0.249 e. The van der Waals surface area contributed by atoms with Crippen LogP contribution >= 0.6 is 0 Å². The topological polar surface area (TPSA) is 121 Å². The van der Waals surface area contributed by atoms with Gasteiger partial charge in [0.05, 0.1) is 6.42 Å². The molecule has 1 heterocycles. The molecule has 2 aliphatic rings. The average Bonchev–Trinajstić information content (AvgIpc) is 2.80. The number of rotatable bonds is 9. The molecular formula is C28H48N2O7Si3. The Morgan fingerprint density at radius 2 is 1.52 bits per heavy atom. The van der Waals surface area contributed by atoms with Crippen molar-refractivity contribution in [2.45, 2.75) is 127 Å². The lowest BCUT2D eigenvalue weighted by Crippen LogP contribution is -2.87. The van der Waals surface area contributed by atoms with E-state index in [1.54, 1.807) is 0 Å². The third-order valence-electron chi connectivity index (χ3n) is 8.04. The second-order valence-electron chi connectivity index (χ2n) is 14.6. The zero-order valence-corrected chi connectivity index (χ0v) is 28.9. The van der Waals surface area contributed by atoms with Crippen molar-refractivity contribution in [1.82, 2.24) is 5.06 Å². The second kappa shape index (κ2) is 11.0. The molecule has 1 aromatic rings. The molecule has 3 rings (SSSR count). The Morgan fingerprint density at radius 1 is 0.950 bits per heavy atom. The van der Waals surface area contributed by atoms with Crippen molar-refractivity contribution in [1.29, 1.82) is 5.26 Å². The van der Waals surface area contributed by atoms with Crippen LogP contribution in [0.15, 0.2) is 30.3 Å². The van der Waals surface area contributed by atoms with Crippen LogP contribution in [0.3, 0.4) is 0 Å².